The van der Waals surface area contributed by atoms with Gasteiger partial charge < -0.3 is 14.8 Å². The Labute approximate surface area is 120 Å². The van der Waals surface area contributed by atoms with Gasteiger partial charge in [-0.05, 0) is 49.4 Å². The van der Waals surface area contributed by atoms with Crippen molar-refractivity contribution in [2.75, 3.05) is 21.3 Å². The van der Waals surface area contributed by atoms with E-state index in [0.29, 0.717) is 0 Å². The summed E-state index contributed by atoms with van der Waals surface area (Å²) in [5, 5.41) is 3.40. The Kier molecular flexibility index (Phi) is 4.30. The second-order valence-corrected chi connectivity index (χ2v) is 4.84. The van der Waals surface area contributed by atoms with Gasteiger partial charge in [0.15, 0.2) is 0 Å². The first kappa shape index (κ1) is 14.4. The average molecular weight is 271 g/mol. The molecule has 1 atom stereocenters. The molecular weight excluding hydrogens is 250 g/mol. The van der Waals surface area contributed by atoms with E-state index in [1.54, 1.807) is 14.2 Å². The van der Waals surface area contributed by atoms with E-state index < -0.39 is 0 Å². The smallest absolute Gasteiger partial charge is 0.119 e. The van der Waals surface area contributed by atoms with Crippen molar-refractivity contribution >= 4 is 0 Å². The maximum atomic E-state index is 5.32. The van der Waals surface area contributed by atoms with Gasteiger partial charge in [-0.1, -0.05) is 24.3 Å². The summed E-state index contributed by atoms with van der Waals surface area (Å²) in [5.74, 6) is 1.72. The average Bonchev–Trinajstić information content (AvgIpc) is 2.54. The SMILES string of the molecule is CNC(C)(c1ccc(OC)cc1)c1cccc(OC)c1. The molecule has 3 nitrogen and oxygen atoms in total. The third kappa shape index (κ3) is 2.63. The zero-order chi connectivity index (χ0) is 14.6. The van der Waals surface area contributed by atoms with Crippen LogP contribution in [0.15, 0.2) is 48.5 Å². The van der Waals surface area contributed by atoms with Crippen molar-refractivity contribution in [3.63, 3.8) is 0 Å². The largest absolute Gasteiger partial charge is 0.497 e. The van der Waals surface area contributed by atoms with Gasteiger partial charge in [0.25, 0.3) is 0 Å². The van der Waals surface area contributed by atoms with Gasteiger partial charge in [-0.25, -0.2) is 0 Å². The van der Waals surface area contributed by atoms with Gasteiger partial charge in [0.05, 0.1) is 19.8 Å². The van der Waals surface area contributed by atoms with Crippen molar-refractivity contribution in [1.29, 1.82) is 0 Å². The van der Waals surface area contributed by atoms with E-state index in [2.05, 4.69) is 36.5 Å². The van der Waals surface area contributed by atoms with Crippen LogP contribution in [0.2, 0.25) is 0 Å². The lowest BCUT2D eigenvalue weighted by molar-refractivity contribution is 0.409. The monoisotopic (exact) mass is 271 g/mol. The van der Waals surface area contributed by atoms with Crippen LogP contribution < -0.4 is 14.8 Å². The standard InChI is InChI=1S/C17H21NO2/c1-17(18-2,13-8-10-15(19-3)11-9-13)14-6-5-7-16(12-14)20-4/h5-12,18H,1-4H3. The number of methoxy groups -OCH3 is 2. The highest BCUT2D eigenvalue weighted by molar-refractivity contribution is 5.42. The van der Waals surface area contributed by atoms with E-state index in [-0.39, 0.29) is 5.54 Å². The van der Waals surface area contributed by atoms with E-state index in [4.69, 9.17) is 9.47 Å². The van der Waals surface area contributed by atoms with Crippen LogP contribution in [0, 0.1) is 0 Å². The molecule has 0 bridgehead atoms. The van der Waals surface area contributed by atoms with Crippen molar-refractivity contribution in [3.05, 3.63) is 59.7 Å². The Morgan fingerprint density at radius 1 is 0.850 bits per heavy atom. The molecule has 0 saturated carbocycles. The van der Waals surface area contributed by atoms with E-state index in [1.165, 1.54) is 5.56 Å². The van der Waals surface area contributed by atoms with Gasteiger partial charge in [-0.3, -0.25) is 0 Å². The minimum Gasteiger partial charge on any atom is -0.497 e. The number of hydrogen-bond acceptors (Lipinski definition) is 3. The van der Waals surface area contributed by atoms with Crippen LogP contribution in [0.4, 0.5) is 0 Å². The molecule has 0 aromatic heterocycles. The predicted molar refractivity (Wildman–Crippen MR) is 81.5 cm³/mol. The summed E-state index contributed by atoms with van der Waals surface area (Å²) in [6.45, 7) is 2.16. The molecule has 3 heteroatoms. The summed E-state index contributed by atoms with van der Waals surface area (Å²) >= 11 is 0. The Hall–Kier alpha value is -2.00. The molecule has 0 radical (unpaired) electrons. The molecule has 0 aliphatic rings. The highest BCUT2D eigenvalue weighted by Crippen LogP contribution is 2.31. The second-order valence-electron chi connectivity index (χ2n) is 4.84. The third-order valence-corrected chi connectivity index (χ3v) is 3.81. The molecule has 0 heterocycles. The first-order valence-electron chi connectivity index (χ1n) is 6.62. The van der Waals surface area contributed by atoms with Gasteiger partial charge in [0, 0.05) is 0 Å². The van der Waals surface area contributed by atoms with Crippen LogP contribution in [0.25, 0.3) is 0 Å². The quantitative estimate of drug-likeness (QED) is 0.906. The lowest BCUT2D eigenvalue weighted by Crippen LogP contribution is -2.37. The molecule has 1 N–H and O–H groups in total. The van der Waals surface area contributed by atoms with Crippen LogP contribution in [-0.2, 0) is 5.54 Å². The van der Waals surface area contributed by atoms with E-state index in [0.717, 1.165) is 17.1 Å². The molecular formula is C17H21NO2. The zero-order valence-corrected chi connectivity index (χ0v) is 12.4. The minimum atomic E-state index is -0.277. The molecule has 2 aromatic rings. The first-order valence-corrected chi connectivity index (χ1v) is 6.62. The molecule has 106 valence electrons. The highest BCUT2D eigenvalue weighted by atomic mass is 16.5. The summed E-state index contributed by atoms with van der Waals surface area (Å²) < 4.78 is 10.5. The van der Waals surface area contributed by atoms with E-state index >= 15 is 0 Å². The Balaban J connectivity index is 2.45. The van der Waals surface area contributed by atoms with Gasteiger partial charge in [0.2, 0.25) is 0 Å². The maximum Gasteiger partial charge on any atom is 0.119 e. The van der Waals surface area contributed by atoms with Crippen LogP contribution in [-0.4, -0.2) is 21.3 Å². The number of benzene rings is 2. The van der Waals surface area contributed by atoms with Crippen molar-refractivity contribution in [2.24, 2.45) is 0 Å². The Morgan fingerprint density at radius 3 is 2.05 bits per heavy atom. The van der Waals surface area contributed by atoms with Gasteiger partial charge in [-0.2, -0.15) is 0 Å². The number of nitrogens with one attached hydrogen (secondary N) is 1. The van der Waals surface area contributed by atoms with Crippen LogP contribution >= 0.6 is 0 Å². The summed E-state index contributed by atoms with van der Waals surface area (Å²) in [6, 6.07) is 16.2. The van der Waals surface area contributed by atoms with Gasteiger partial charge in [-0.15, -0.1) is 0 Å². The van der Waals surface area contributed by atoms with Crippen molar-refractivity contribution in [3.8, 4) is 11.5 Å². The highest BCUT2D eigenvalue weighted by Gasteiger charge is 2.27. The minimum absolute atomic E-state index is 0.277. The summed E-state index contributed by atoms with van der Waals surface area (Å²) in [4.78, 5) is 0. The topological polar surface area (TPSA) is 30.5 Å². The number of hydrogen-bond donors (Lipinski definition) is 1. The molecule has 2 rings (SSSR count). The van der Waals surface area contributed by atoms with E-state index in [9.17, 15) is 0 Å². The van der Waals surface area contributed by atoms with Crippen LogP contribution in [0.1, 0.15) is 18.1 Å². The van der Waals surface area contributed by atoms with Crippen LogP contribution in [0.3, 0.4) is 0 Å². The Bertz CT molecular complexity index is 565. The van der Waals surface area contributed by atoms with Gasteiger partial charge in [0.1, 0.15) is 11.5 Å². The maximum absolute atomic E-state index is 5.32. The molecule has 0 spiro atoms. The molecule has 0 fully saturated rings. The normalized spacial score (nSPS) is 13.6. The molecule has 1 unspecified atom stereocenters. The summed E-state index contributed by atoms with van der Waals surface area (Å²) in [6.07, 6.45) is 0. The molecule has 20 heavy (non-hydrogen) atoms. The fourth-order valence-electron chi connectivity index (χ4n) is 2.31. The fourth-order valence-corrected chi connectivity index (χ4v) is 2.31. The first-order chi connectivity index (χ1) is 9.63. The van der Waals surface area contributed by atoms with Crippen molar-refractivity contribution in [2.45, 2.75) is 12.5 Å². The lowest BCUT2D eigenvalue weighted by Gasteiger charge is -2.31. The van der Waals surface area contributed by atoms with Crippen molar-refractivity contribution in [1.82, 2.24) is 5.32 Å². The predicted octanol–water partition coefficient (Wildman–Crippen LogP) is 3.19. The fraction of sp³-hybridized carbons (Fsp3) is 0.294. The second kappa shape index (κ2) is 5.97. The van der Waals surface area contributed by atoms with E-state index in [1.807, 2.05) is 31.3 Å². The van der Waals surface area contributed by atoms with Crippen LogP contribution in [0.5, 0.6) is 11.5 Å². The lowest BCUT2D eigenvalue weighted by atomic mass is 9.84. The molecule has 0 amide bonds. The van der Waals surface area contributed by atoms with Gasteiger partial charge >= 0.3 is 0 Å². The summed E-state index contributed by atoms with van der Waals surface area (Å²) in [7, 11) is 5.32. The molecule has 2 aromatic carbocycles. The Morgan fingerprint density at radius 2 is 1.50 bits per heavy atom. The molecule has 0 aliphatic carbocycles. The van der Waals surface area contributed by atoms with Crippen molar-refractivity contribution < 1.29 is 9.47 Å². The third-order valence-electron chi connectivity index (χ3n) is 3.81. The molecule has 0 saturated heterocycles. The molecule has 0 aliphatic heterocycles. The summed E-state index contributed by atoms with van der Waals surface area (Å²) in [5.41, 5.74) is 2.06. The number of rotatable bonds is 5. The zero-order valence-electron chi connectivity index (χ0n) is 12.4. The number of ether oxygens (including phenoxy) is 2.